The Balaban J connectivity index is 1.44. The molecule has 4 aromatic rings. The van der Waals surface area contributed by atoms with Crippen molar-refractivity contribution in [3.8, 4) is 11.1 Å². The molecule has 1 aromatic carbocycles. The van der Waals surface area contributed by atoms with Crippen molar-refractivity contribution in [1.82, 2.24) is 19.9 Å². The first-order valence-electron chi connectivity index (χ1n) is 9.11. The maximum absolute atomic E-state index is 12.6. The quantitative estimate of drug-likeness (QED) is 0.437. The molecule has 0 bridgehead atoms. The van der Waals surface area contributed by atoms with Crippen LogP contribution in [0, 0.1) is 6.92 Å². The summed E-state index contributed by atoms with van der Waals surface area (Å²) in [7, 11) is 0. The molecule has 3 aromatic heterocycles. The summed E-state index contributed by atoms with van der Waals surface area (Å²) in [6.07, 6.45) is 5.01. The number of carbonyl (C=O) groups is 1. The number of thioether (sulfide) groups is 1. The van der Waals surface area contributed by atoms with Crippen LogP contribution in [0.1, 0.15) is 21.8 Å². The summed E-state index contributed by atoms with van der Waals surface area (Å²) in [5.41, 5.74) is 3.75. The summed E-state index contributed by atoms with van der Waals surface area (Å²) in [5, 5.41) is 8.02. The average molecular weight is 427 g/mol. The second-order valence-corrected chi connectivity index (χ2v) is 7.99. The number of nitrogens with one attached hydrogen (secondary N) is 1. The van der Waals surface area contributed by atoms with Crippen LogP contribution in [0.3, 0.4) is 0 Å². The zero-order chi connectivity index (χ0) is 20.2. The SMILES string of the molecule is Cc1c(C(=O)NCCSCc2ccco2)cnc2c(-c3cccc(Cl)c3)cnn12. The van der Waals surface area contributed by atoms with Gasteiger partial charge in [0, 0.05) is 29.1 Å². The molecule has 6 nitrogen and oxygen atoms in total. The van der Waals surface area contributed by atoms with Gasteiger partial charge in [0.1, 0.15) is 5.76 Å². The minimum atomic E-state index is -0.157. The standard InChI is InChI=1S/C21H19ClN4O2S/c1-14-18(21(27)23-7-9-29-13-17-6-3-8-28-17)11-24-20-19(12-25-26(14)20)15-4-2-5-16(22)10-15/h2-6,8,10-12H,7,9,13H2,1H3,(H,23,27). The Labute approximate surface area is 177 Å². The van der Waals surface area contributed by atoms with E-state index in [9.17, 15) is 4.79 Å². The molecular formula is C21H19ClN4O2S. The van der Waals surface area contributed by atoms with E-state index in [2.05, 4.69) is 15.4 Å². The van der Waals surface area contributed by atoms with E-state index in [1.165, 1.54) is 0 Å². The number of furan rings is 1. The van der Waals surface area contributed by atoms with E-state index in [-0.39, 0.29) is 5.91 Å². The third-order valence-electron chi connectivity index (χ3n) is 4.50. The second kappa shape index (κ2) is 8.71. The fourth-order valence-corrected chi connectivity index (χ4v) is 3.97. The number of aryl methyl sites for hydroxylation is 1. The Morgan fingerprint density at radius 2 is 2.17 bits per heavy atom. The van der Waals surface area contributed by atoms with E-state index in [4.69, 9.17) is 16.0 Å². The topological polar surface area (TPSA) is 72.4 Å². The van der Waals surface area contributed by atoms with Crippen LogP contribution in [-0.4, -0.2) is 32.8 Å². The van der Waals surface area contributed by atoms with E-state index in [1.807, 2.05) is 43.3 Å². The fourth-order valence-electron chi connectivity index (χ4n) is 3.03. The molecule has 148 valence electrons. The van der Waals surface area contributed by atoms with E-state index in [1.54, 1.807) is 34.9 Å². The largest absolute Gasteiger partial charge is 0.468 e. The van der Waals surface area contributed by atoms with Gasteiger partial charge in [-0.2, -0.15) is 16.9 Å². The molecule has 29 heavy (non-hydrogen) atoms. The molecule has 0 atom stereocenters. The van der Waals surface area contributed by atoms with Gasteiger partial charge in [0.15, 0.2) is 5.65 Å². The number of hydrogen-bond donors (Lipinski definition) is 1. The molecule has 0 saturated carbocycles. The van der Waals surface area contributed by atoms with E-state index in [0.29, 0.717) is 22.8 Å². The highest BCUT2D eigenvalue weighted by molar-refractivity contribution is 7.98. The van der Waals surface area contributed by atoms with Crippen molar-refractivity contribution >= 4 is 34.9 Å². The number of halogens is 1. The molecule has 0 unspecified atom stereocenters. The third kappa shape index (κ3) is 4.31. The maximum atomic E-state index is 12.6. The Morgan fingerprint density at radius 1 is 1.28 bits per heavy atom. The van der Waals surface area contributed by atoms with Gasteiger partial charge in [-0.05, 0) is 36.8 Å². The van der Waals surface area contributed by atoms with Crippen LogP contribution in [0.25, 0.3) is 16.8 Å². The molecule has 8 heteroatoms. The fraction of sp³-hybridized carbons (Fsp3) is 0.190. The number of fused-ring (bicyclic) bond motifs is 1. The van der Waals surface area contributed by atoms with Crippen LogP contribution in [0.5, 0.6) is 0 Å². The van der Waals surface area contributed by atoms with Crippen LogP contribution >= 0.6 is 23.4 Å². The number of benzene rings is 1. The van der Waals surface area contributed by atoms with E-state index < -0.39 is 0 Å². The average Bonchev–Trinajstić information content (AvgIpc) is 3.38. The molecule has 0 spiro atoms. The molecule has 0 aliphatic carbocycles. The lowest BCUT2D eigenvalue weighted by Gasteiger charge is -2.09. The predicted octanol–water partition coefficient (Wildman–Crippen LogP) is 4.61. The van der Waals surface area contributed by atoms with Crippen molar-refractivity contribution < 1.29 is 9.21 Å². The van der Waals surface area contributed by atoms with Gasteiger partial charge in [-0.15, -0.1) is 0 Å². The van der Waals surface area contributed by atoms with Gasteiger partial charge in [0.2, 0.25) is 0 Å². The van der Waals surface area contributed by atoms with Gasteiger partial charge < -0.3 is 9.73 Å². The number of rotatable bonds is 7. The van der Waals surface area contributed by atoms with Gasteiger partial charge >= 0.3 is 0 Å². The summed E-state index contributed by atoms with van der Waals surface area (Å²) < 4.78 is 6.99. The molecule has 4 rings (SSSR count). The number of amides is 1. The van der Waals surface area contributed by atoms with Crippen LogP contribution < -0.4 is 5.32 Å². The Hall–Kier alpha value is -2.77. The van der Waals surface area contributed by atoms with Gasteiger partial charge in [-0.1, -0.05) is 23.7 Å². The molecule has 0 aliphatic heterocycles. The van der Waals surface area contributed by atoms with Crippen LogP contribution in [0.15, 0.2) is 59.5 Å². The highest BCUT2D eigenvalue weighted by Crippen LogP contribution is 2.26. The lowest BCUT2D eigenvalue weighted by molar-refractivity contribution is 0.0954. The first kappa shape index (κ1) is 19.5. The summed E-state index contributed by atoms with van der Waals surface area (Å²) in [6.45, 7) is 2.43. The highest BCUT2D eigenvalue weighted by atomic mass is 35.5. The molecule has 0 fully saturated rings. The first-order valence-corrected chi connectivity index (χ1v) is 10.6. The molecule has 1 amide bonds. The molecular weight excluding hydrogens is 408 g/mol. The zero-order valence-corrected chi connectivity index (χ0v) is 17.3. The summed E-state index contributed by atoms with van der Waals surface area (Å²) >= 11 is 7.81. The van der Waals surface area contributed by atoms with Crippen molar-refractivity contribution in [3.63, 3.8) is 0 Å². The molecule has 1 N–H and O–H groups in total. The van der Waals surface area contributed by atoms with Crippen molar-refractivity contribution in [2.45, 2.75) is 12.7 Å². The first-order chi connectivity index (χ1) is 14.1. The maximum Gasteiger partial charge on any atom is 0.254 e. The number of hydrogen-bond acceptors (Lipinski definition) is 5. The Kier molecular flexibility index (Phi) is 5.87. The smallest absolute Gasteiger partial charge is 0.254 e. The lowest BCUT2D eigenvalue weighted by atomic mass is 10.1. The number of carbonyl (C=O) groups excluding carboxylic acids is 1. The van der Waals surface area contributed by atoms with Crippen LogP contribution in [0.4, 0.5) is 0 Å². The molecule has 0 aliphatic rings. The third-order valence-corrected chi connectivity index (χ3v) is 5.72. The van der Waals surface area contributed by atoms with Gasteiger partial charge in [0.05, 0.1) is 29.5 Å². The predicted molar refractivity (Wildman–Crippen MR) is 115 cm³/mol. The summed E-state index contributed by atoms with van der Waals surface area (Å²) in [4.78, 5) is 17.1. The summed E-state index contributed by atoms with van der Waals surface area (Å²) in [6, 6.07) is 11.4. The minimum absolute atomic E-state index is 0.157. The molecule has 0 radical (unpaired) electrons. The Morgan fingerprint density at radius 3 is 2.97 bits per heavy atom. The van der Waals surface area contributed by atoms with Crippen LogP contribution in [0.2, 0.25) is 5.02 Å². The van der Waals surface area contributed by atoms with Gasteiger partial charge in [0.25, 0.3) is 5.91 Å². The van der Waals surface area contributed by atoms with E-state index in [0.717, 1.165) is 34.1 Å². The van der Waals surface area contributed by atoms with Crippen molar-refractivity contribution in [1.29, 1.82) is 0 Å². The molecule has 0 saturated heterocycles. The van der Waals surface area contributed by atoms with E-state index >= 15 is 0 Å². The van der Waals surface area contributed by atoms with Gasteiger partial charge in [-0.25, -0.2) is 9.50 Å². The summed E-state index contributed by atoms with van der Waals surface area (Å²) in [5.74, 6) is 2.35. The number of nitrogens with zero attached hydrogens (tertiary/aromatic N) is 3. The van der Waals surface area contributed by atoms with Crippen molar-refractivity contribution in [3.05, 3.63) is 77.1 Å². The van der Waals surface area contributed by atoms with Crippen molar-refractivity contribution in [2.24, 2.45) is 0 Å². The zero-order valence-electron chi connectivity index (χ0n) is 15.8. The normalized spacial score (nSPS) is 11.1. The van der Waals surface area contributed by atoms with Crippen LogP contribution in [-0.2, 0) is 5.75 Å². The van der Waals surface area contributed by atoms with Gasteiger partial charge in [-0.3, -0.25) is 4.79 Å². The lowest BCUT2D eigenvalue weighted by Crippen LogP contribution is -2.27. The number of aromatic nitrogens is 3. The second-order valence-electron chi connectivity index (χ2n) is 6.45. The highest BCUT2D eigenvalue weighted by Gasteiger charge is 2.16. The Bertz CT molecular complexity index is 1140. The molecule has 3 heterocycles. The monoisotopic (exact) mass is 426 g/mol. The van der Waals surface area contributed by atoms with Crippen molar-refractivity contribution in [2.75, 3.05) is 12.3 Å². The minimum Gasteiger partial charge on any atom is -0.468 e.